The summed E-state index contributed by atoms with van der Waals surface area (Å²) in [4.78, 5) is 11.1. The highest BCUT2D eigenvalue weighted by Gasteiger charge is 2.25. The predicted molar refractivity (Wildman–Crippen MR) is 265 cm³/mol. The number of aromatic nitrogens is 6. The zero-order chi connectivity index (χ0) is 41.9. The molecule has 9 aromatic carbocycles. The van der Waals surface area contributed by atoms with E-state index >= 15 is 0 Å². The number of hydrogen-bond acceptors (Lipinski definition) is 2. The number of fused-ring (bicyclic) bond motifs is 14. The van der Waals surface area contributed by atoms with Crippen LogP contribution in [0.5, 0.6) is 0 Å². The van der Waals surface area contributed by atoms with Gasteiger partial charge in [0.2, 0.25) is 0 Å². The lowest BCUT2D eigenvalue weighted by Gasteiger charge is -2.16. The monoisotopic (exact) mass is 816 g/mol. The SMILES string of the molecule is c1ccc(-c2nc(-n3c4ccccc4c4ccc5c6ccccc6n(-c6ccccc6)c5c43)cc(-n3c4ccccc4c4ccc5c6ccccc6n(-c6ccccc6)c5c43)n2)cc1. The van der Waals surface area contributed by atoms with Crippen LogP contribution < -0.4 is 0 Å². The summed E-state index contributed by atoms with van der Waals surface area (Å²) in [7, 11) is 0. The molecule has 0 aliphatic carbocycles. The molecule has 0 spiro atoms. The molecule has 0 N–H and O–H groups in total. The van der Waals surface area contributed by atoms with Crippen LogP contribution in [-0.2, 0) is 0 Å². The van der Waals surface area contributed by atoms with E-state index in [0.717, 1.165) is 94.3 Å². The predicted octanol–water partition coefficient (Wildman–Crippen LogP) is 14.5. The van der Waals surface area contributed by atoms with Gasteiger partial charge in [-0.3, -0.25) is 9.13 Å². The second-order valence-electron chi connectivity index (χ2n) is 16.6. The maximum Gasteiger partial charge on any atom is 0.163 e. The molecule has 298 valence electrons. The average molecular weight is 817 g/mol. The number of nitrogens with zero attached hydrogens (tertiary/aromatic N) is 6. The Hall–Kier alpha value is -8.74. The Balaban J connectivity index is 1.17. The highest BCUT2D eigenvalue weighted by atomic mass is 15.2. The van der Waals surface area contributed by atoms with Crippen molar-refractivity contribution in [3.05, 3.63) is 218 Å². The zero-order valence-corrected chi connectivity index (χ0v) is 34.5. The fourth-order valence-corrected chi connectivity index (χ4v) is 10.5. The maximum absolute atomic E-state index is 5.57. The fourth-order valence-electron chi connectivity index (χ4n) is 10.5. The van der Waals surface area contributed by atoms with Crippen molar-refractivity contribution in [1.82, 2.24) is 28.2 Å². The van der Waals surface area contributed by atoms with Crippen molar-refractivity contribution in [2.24, 2.45) is 0 Å². The summed E-state index contributed by atoms with van der Waals surface area (Å²) in [5.41, 5.74) is 12.1. The molecule has 5 heterocycles. The molecular formula is C58H36N6. The highest BCUT2D eigenvalue weighted by molar-refractivity contribution is 6.25. The normalized spacial score (nSPS) is 12.1. The molecular weight excluding hydrogens is 781 g/mol. The summed E-state index contributed by atoms with van der Waals surface area (Å²) in [5.74, 6) is 2.22. The molecule has 6 heteroatoms. The van der Waals surface area contributed by atoms with Gasteiger partial charge in [0.1, 0.15) is 11.6 Å². The van der Waals surface area contributed by atoms with Crippen LogP contribution in [0.15, 0.2) is 218 Å². The van der Waals surface area contributed by atoms with E-state index in [9.17, 15) is 0 Å². The maximum atomic E-state index is 5.57. The highest BCUT2D eigenvalue weighted by Crippen LogP contribution is 2.44. The van der Waals surface area contributed by atoms with E-state index in [4.69, 9.17) is 9.97 Å². The molecule has 5 aromatic heterocycles. The average Bonchev–Trinajstić information content (AvgIpc) is 4.10. The first-order valence-corrected chi connectivity index (χ1v) is 21.8. The van der Waals surface area contributed by atoms with Gasteiger partial charge in [0.05, 0.1) is 44.1 Å². The number of para-hydroxylation sites is 6. The van der Waals surface area contributed by atoms with Gasteiger partial charge >= 0.3 is 0 Å². The third-order valence-corrected chi connectivity index (χ3v) is 13.2. The molecule has 0 unspecified atom stereocenters. The van der Waals surface area contributed by atoms with Crippen LogP contribution in [0.25, 0.3) is 122 Å². The summed E-state index contributed by atoms with van der Waals surface area (Å²) >= 11 is 0. The van der Waals surface area contributed by atoms with Gasteiger partial charge in [-0.05, 0) is 48.5 Å². The smallest absolute Gasteiger partial charge is 0.163 e. The topological polar surface area (TPSA) is 45.5 Å². The van der Waals surface area contributed by atoms with Crippen molar-refractivity contribution in [3.8, 4) is 34.4 Å². The lowest BCUT2D eigenvalue weighted by atomic mass is 10.1. The van der Waals surface area contributed by atoms with Crippen LogP contribution in [0, 0.1) is 0 Å². The van der Waals surface area contributed by atoms with Crippen LogP contribution in [0.2, 0.25) is 0 Å². The van der Waals surface area contributed by atoms with Gasteiger partial charge in [-0.1, -0.05) is 164 Å². The van der Waals surface area contributed by atoms with Crippen molar-refractivity contribution in [2.75, 3.05) is 0 Å². The van der Waals surface area contributed by atoms with E-state index in [1.807, 2.05) is 6.07 Å². The summed E-state index contributed by atoms with van der Waals surface area (Å²) in [5, 5.41) is 9.44. The van der Waals surface area contributed by atoms with E-state index in [1.165, 1.54) is 21.5 Å². The zero-order valence-electron chi connectivity index (χ0n) is 34.5. The van der Waals surface area contributed by atoms with Crippen LogP contribution in [0.3, 0.4) is 0 Å². The van der Waals surface area contributed by atoms with Crippen LogP contribution in [-0.4, -0.2) is 28.2 Å². The molecule has 0 amide bonds. The Morgan fingerprint density at radius 3 is 0.922 bits per heavy atom. The standard InChI is InChI=1S/C58H36N6/c1-4-18-37(19-5-1)58-59-52(63-50-30-16-12-26-42(50)46-34-32-44-40-24-10-14-28-48(40)61(54(44)56(46)63)38-20-6-2-7-21-38)36-53(60-58)64-51-31-17-13-27-43(51)47-35-33-45-41-25-11-15-29-49(41)62(55(45)57(47)64)39-22-8-3-9-23-39/h1-36H. The molecule has 6 nitrogen and oxygen atoms in total. The molecule has 64 heavy (non-hydrogen) atoms. The van der Waals surface area contributed by atoms with Crippen LogP contribution >= 0.6 is 0 Å². The van der Waals surface area contributed by atoms with Gasteiger partial charge in [-0.25, -0.2) is 9.97 Å². The first-order valence-electron chi connectivity index (χ1n) is 21.8. The third-order valence-electron chi connectivity index (χ3n) is 13.2. The third kappa shape index (κ3) is 4.85. The Morgan fingerprint density at radius 2 is 0.547 bits per heavy atom. The number of hydrogen-bond donors (Lipinski definition) is 0. The molecule has 14 aromatic rings. The lowest BCUT2D eigenvalue weighted by Crippen LogP contribution is -2.07. The first kappa shape index (κ1) is 34.9. The van der Waals surface area contributed by atoms with E-state index < -0.39 is 0 Å². The molecule has 14 rings (SSSR count). The van der Waals surface area contributed by atoms with Gasteiger partial charge in [0.25, 0.3) is 0 Å². The summed E-state index contributed by atoms with van der Waals surface area (Å²) < 4.78 is 9.62. The molecule has 0 aliphatic rings. The minimum Gasteiger partial charge on any atom is -0.307 e. The second kappa shape index (κ2) is 13.4. The van der Waals surface area contributed by atoms with Crippen molar-refractivity contribution < 1.29 is 0 Å². The minimum atomic E-state index is 0.650. The van der Waals surface area contributed by atoms with E-state index in [0.29, 0.717) is 5.82 Å². The van der Waals surface area contributed by atoms with Gasteiger partial charge in [-0.15, -0.1) is 0 Å². The van der Waals surface area contributed by atoms with Gasteiger partial charge < -0.3 is 9.13 Å². The quantitative estimate of drug-likeness (QED) is 0.174. The molecule has 0 atom stereocenters. The van der Waals surface area contributed by atoms with E-state index in [2.05, 4.69) is 231 Å². The fraction of sp³-hybridized carbons (Fsp3) is 0. The molecule has 0 aliphatic heterocycles. The first-order chi connectivity index (χ1) is 31.8. The van der Waals surface area contributed by atoms with Crippen molar-refractivity contribution >= 4 is 87.2 Å². The number of benzene rings is 9. The van der Waals surface area contributed by atoms with Crippen LogP contribution in [0.4, 0.5) is 0 Å². The van der Waals surface area contributed by atoms with Gasteiger partial charge in [0.15, 0.2) is 5.82 Å². The van der Waals surface area contributed by atoms with E-state index in [1.54, 1.807) is 0 Å². The molecule has 0 bridgehead atoms. The van der Waals surface area contributed by atoms with Gasteiger partial charge in [-0.2, -0.15) is 0 Å². The van der Waals surface area contributed by atoms with Gasteiger partial charge in [0, 0.05) is 66.1 Å². The second-order valence-corrected chi connectivity index (χ2v) is 16.6. The minimum absolute atomic E-state index is 0.650. The molecule has 0 saturated carbocycles. The van der Waals surface area contributed by atoms with Crippen molar-refractivity contribution in [2.45, 2.75) is 0 Å². The lowest BCUT2D eigenvalue weighted by molar-refractivity contribution is 0.993. The molecule has 0 fully saturated rings. The Labute approximate surface area is 366 Å². The van der Waals surface area contributed by atoms with Crippen molar-refractivity contribution in [3.63, 3.8) is 0 Å². The van der Waals surface area contributed by atoms with Crippen molar-refractivity contribution in [1.29, 1.82) is 0 Å². The summed E-state index contributed by atoms with van der Waals surface area (Å²) in [6.07, 6.45) is 0. The summed E-state index contributed by atoms with van der Waals surface area (Å²) in [6, 6.07) is 78.2. The Kier molecular flexibility index (Phi) is 7.30. The van der Waals surface area contributed by atoms with E-state index in [-0.39, 0.29) is 0 Å². The largest absolute Gasteiger partial charge is 0.307 e. The molecule has 0 saturated heterocycles. The van der Waals surface area contributed by atoms with Crippen LogP contribution in [0.1, 0.15) is 0 Å². The molecule has 0 radical (unpaired) electrons. The Morgan fingerprint density at radius 1 is 0.250 bits per heavy atom. The summed E-state index contributed by atoms with van der Waals surface area (Å²) in [6.45, 7) is 0. The Bertz CT molecular complexity index is 3920. The number of rotatable bonds is 5.